The highest BCUT2D eigenvalue weighted by atomic mass is 127. The summed E-state index contributed by atoms with van der Waals surface area (Å²) in [6, 6.07) is 3.14. The van der Waals surface area contributed by atoms with Crippen LogP contribution in [0.3, 0.4) is 0 Å². The van der Waals surface area contributed by atoms with Crippen LogP contribution in [0, 0.1) is 3.70 Å². The van der Waals surface area contributed by atoms with E-state index < -0.39 is 5.97 Å². The van der Waals surface area contributed by atoms with E-state index in [1.807, 2.05) is 0 Å². The van der Waals surface area contributed by atoms with Crippen molar-refractivity contribution in [3.05, 3.63) is 21.4 Å². The van der Waals surface area contributed by atoms with Gasteiger partial charge in [0.05, 0.1) is 18.0 Å². The minimum absolute atomic E-state index is 0.143. The molecule has 0 amide bonds. The molecule has 0 fully saturated rings. The Balaban J connectivity index is 2.85. The monoisotopic (exact) mass is 318 g/mol. The van der Waals surface area contributed by atoms with Crippen molar-refractivity contribution in [2.24, 2.45) is 0 Å². The summed E-state index contributed by atoms with van der Waals surface area (Å²) in [6.07, 6.45) is 0. The molecule has 78 valence electrons. The number of fused-ring (bicyclic) bond motifs is 1. The van der Waals surface area contributed by atoms with Gasteiger partial charge in [-0.1, -0.05) is 0 Å². The predicted octanol–water partition coefficient (Wildman–Crippen LogP) is 1.87. The largest absolute Gasteiger partial charge is 0.495 e. The number of methoxy groups -OCH3 is 1. The fraction of sp³-hybridized carbons (Fsp3) is 0.111. The maximum atomic E-state index is 10.9. The Hall–Kier alpha value is -1.31. The van der Waals surface area contributed by atoms with Crippen LogP contribution in [0.1, 0.15) is 10.4 Å². The van der Waals surface area contributed by atoms with Gasteiger partial charge in [-0.15, -0.1) is 0 Å². The first-order chi connectivity index (χ1) is 7.15. The number of aromatic amines is 1. The van der Waals surface area contributed by atoms with Gasteiger partial charge >= 0.3 is 5.97 Å². The van der Waals surface area contributed by atoms with Crippen molar-refractivity contribution in [1.82, 2.24) is 10.2 Å². The number of benzene rings is 1. The van der Waals surface area contributed by atoms with Crippen LogP contribution in [0.2, 0.25) is 0 Å². The molecule has 0 radical (unpaired) electrons. The lowest BCUT2D eigenvalue weighted by atomic mass is 10.1. The standard InChI is InChI=1S/C9H7IN2O3/c1-15-7-4(9(13)14)2-3-5-6(7)8(10)12-11-5/h2-3H,1H3,(H,11,12)(H,13,14). The first kappa shape index (κ1) is 10.2. The molecular weight excluding hydrogens is 311 g/mol. The van der Waals surface area contributed by atoms with Crippen LogP contribution < -0.4 is 4.74 Å². The van der Waals surface area contributed by atoms with Gasteiger partial charge in [0.25, 0.3) is 0 Å². The summed E-state index contributed by atoms with van der Waals surface area (Å²) >= 11 is 2.05. The minimum atomic E-state index is -1.01. The van der Waals surface area contributed by atoms with E-state index in [0.717, 1.165) is 3.70 Å². The zero-order valence-electron chi connectivity index (χ0n) is 7.74. The zero-order chi connectivity index (χ0) is 11.0. The molecule has 6 heteroatoms. The molecule has 0 unspecified atom stereocenters. The normalized spacial score (nSPS) is 10.5. The summed E-state index contributed by atoms with van der Waals surface area (Å²) in [6.45, 7) is 0. The number of nitrogens with one attached hydrogen (secondary N) is 1. The number of carbonyl (C=O) groups is 1. The molecule has 1 heterocycles. The molecule has 2 aromatic rings. The van der Waals surface area contributed by atoms with Crippen LogP contribution in [0.15, 0.2) is 12.1 Å². The van der Waals surface area contributed by atoms with Crippen LogP contribution in [0.25, 0.3) is 10.9 Å². The van der Waals surface area contributed by atoms with Crippen molar-refractivity contribution in [3.8, 4) is 5.75 Å². The molecule has 15 heavy (non-hydrogen) atoms. The Kier molecular flexibility index (Phi) is 2.51. The van der Waals surface area contributed by atoms with E-state index in [-0.39, 0.29) is 5.56 Å². The van der Waals surface area contributed by atoms with Gasteiger partial charge < -0.3 is 9.84 Å². The Morgan fingerprint density at radius 2 is 2.33 bits per heavy atom. The third-order valence-electron chi connectivity index (χ3n) is 2.06. The Morgan fingerprint density at radius 3 is 2.93 bits per heavy atom. The second-order valence-electron chi connectivity index (χ2n) is 2.88. The molecule has 1 aromatic heterocycles. The lowest BCUT2D eigenvalue weighted by molar-refractivity contribution is 0.0693. The summed E-state index contributed by atoms with van der Waals surface area (Å²) in [5, 5.41) is 16.5. The second-order valence-corrected chi connectivity index (χ2v) is 3.96. The van der Waals surface area contributed by atoms with Crippen LogP contribution >= 0.6 is 22.6 Å². The van der Waals surface area contributed by atoms with E-state index in [1.54, 1.807) is 6.07 Å². The smallest absolute Gasteiger partial charge is 0.339 e. The number of rotatable bonds is 2. The van der Waals surface area contributed by atoms with Crippen molar-refractivity contribution in [3.63, 3.8) is 0 Å². The van der Waals surface area contributed by atoms with Gasteiger partial charge in [0.15, 0.2) is 0 Å². The summed E-state index contributed by atoms with van der Waals surface area (Å²) < 4.78 is 5.88. The summed E-state index contributed by atoms with van der Waals surface area (Å²) in [5.74, 6) is -0.663. The number of carboxylic acids is 1. The van der Waals surface area contributed by atoms with Gasteiger partial charge in [-0.05, 0) is 34.7 Å². The SMILES string of the molecule is COc1c(C(=O)O)ccc2n[nH]c(I)c12. The summed E-state index contributed by atoms with van der Waals surface area (Å²) in [4.78, 5) is 10.9. The molecule has 0 saturated heterocycles. The zero-order valence-corrected chi connectivity index (χ0v) is 9.90. The van der Waals surface area contributed by atoms with Gasteiger partial charge in [0, 0.05) is 0 Å². The average molecular weight is 318 g/mol. The van der Waals surface area contributed by atoms with Crippen molar-refractivity contribution < 1.29 is 14.6 Å². The van der Waals surface area contributed by atoms with Crippen LogP contribution in [0.5, 0.6) is 5.75 Å². The number of nitrogens with zero attached hydrogens (tertiary/aromatic N) is 1. The highest BCUT2D eigenvalue weighted by Crippen LogP contribution is 2.31. The number of hydrogen-bond donors (Lipinski definition) is 2. The van der Waals surface area contributed by atoms with Gasteiger partial charge in [-0.3, -0.25) is 5.10 Å². The molecule has 2 N–H and O–H groups in total. The fourth-order valence-corrected chi connectivity index (χ4v) is 2.07. The van der Waals surface area contributed by atoms with Crippen molar-refractivity contribution >= 4 is 39.5 Å². The maximum Gasteiger partial charge on any atom is 0.339 e. The Morgan fingerprint density at radius 1 is 1.60 bits per heavy atom. The van der Waals surface area contributed by atoms with Crippen molar-refractivity contribution in [2.75, 3.05) is 7.11 Å². The van der Waals surface area contributed by atoms with E-state index in [9.17, 15) is 4.79 Å². The van der Waals surface area contributed by atoms with Crippen LogP contribution in [-0.4, -0.2) is 28.4 Å². The van der Waals surface area contributed by atoms with Crippen LogP contribution in [-0.2, 0) is 0 Å². The van der Waals surface area contributed by atoms with Gasteiger partial charge in [-0.25, -0.2) is 4.79 Å². The van der Waals surface area contributed by atoms with E-state index in [0.29, 0.717) is 16.7 Å². The van der Waals surface area contributed by atoms with Gasteiger partial charge in [0.2, 0.25) is 0 Å². The number of aromatic carboxylic acids is 1. The number of carboxylic acid groups (broad SMARTS) is 1. The quantitative estimate of drug-likeness (QED) is 0.829. The minimum Gasteiger partial charge on any atom is -0.495 e. The number of aromatic nitrogens is 2. The van der Waals surface area contributed by atoms with Crippen LogP contribution in [0.4, 0.5) is 0 Å². The summed E-state index contributed by atoms with van der Waals surface area (Å²) in [5.41, 5.74) is 0.838. The average Bonchev–Trinajstić information content (AvgIpc) is 2.59. The van der Waals surface area contributed by atoms with E-state index in [2.05, 4.69) is 32.8 Å². The maximum absolute atomic E-state index is 10.9. The molecule has 1 aromatic carbocycles. The topological polar surface area (TPSA) is 75.2 Å². The first-order valence-corrected chi connectivity index (χ1v) is 5.17. The lowest BCUT2D eigenvalue weighted by Crippen LogP contribution is -2.00. The lowest BCUT2D eigenvalue weighted by Gasteiger charge is -2.05. The summed E-state index contributed by atoms with van der Waals surface area (Å²) in [7, 11) is 1.45. The van der Waals surface area contributed by atoms with Gasteiger partial charge in [-0.2, -0.15) is 5.10 Å². The highest BCUT2D eigenvalue weighted by molar-refractivity contribution is 14.1. The molecule has 0 spiro atoms. The van der Waals surface area contributed by atoms with E-state index >= 15 is 0 Å². The fourth-order valence-electron chi connectivity index (χ4n) is 1.42. The number of ether oxygens (including phenoxy) is 1. The van der Waals surface area contributed by atoms with E-state index in [1.165, 1.54) is 13.2 Å². The van der Waals surface area contributed by atoms with Gasteiger partial charge in [0.1, 0.15) is 15.0 Å². The van der Waals surface area contributed by atoms with Crippen molar-refractivity contribution in [2.45, 2.75) is 0 Å². The Bertz CT molecular complexity index is 535. The number of H-pyrrole nitrogens is 1. The molecule has 0 atom stereocenters. The number of halogens is 1. The molecule has 2 rings (SSSR count). The Labute approximate surface area is 98.6 Å². The second kappa shape index (κ2) is 3.69. The molecule has 0 bridgehead atoms. The number of hydrogen-bond acceptors (Lipinski definition) is 3. The predicted molar refractivity (Wildman–Crippen MR) is 62.3 cm³/mol. The van der Waals surface area contributed by atoms with E-state index in [4.69, 9.17) is 9.84 Å². The molecule has 0 aliphatic rings. The third-order valence-corrected chi connectivity index (χ3v) is 2.84. The molecule has 0 saturated carbocycles. The molecule has 0 aliphatic carbocycles. The van der Waals surface area contributed by atoms with Crippen molar-refractivity contribution in [1.29, 1.82) is 0 Å². The first-order valence-electron chi connectivity index (χ1n) is 4.09. The molecule has 0 aliphatic heterocycles. The molecular formula is C9H7IN2O3. The molecule has 5 nitrogen and oxygen atoms in total. The third kappa shape index (κ3) is 1.54. The highest BCUT2D eigenvalue weighted by Gasteiger charge is 2.17.